The van der Waals surface area contributed by atoms with Gasteiger partial charge in [-0.3, -0.25) is 0 Å². The van der Waals surface area contributed by atoms with Crippen molar-refractivity contribution >= 4 is 5.69 Å². The fraction of sp³-hybridized carbons (Fsp3) is 0.400. The van der Waals surface area contributed by atoms with E-state index in [1.807, 2.05) is 18.2 Å². The van der Waals surface area contributed by atoms with Crippen LogP contribution in [0.2, 0.25) is 0 Å². The maximum absolute atomic E-state index is 6.16. The van der Waals surface area contributed by atoms with Gasteiger partial charge in [-0.05, 0) is 13.8 Å². The Labute approximate surface area is 74.2 Å². The Bertz CT molecular complexity index is 227. The Morgan fingerprint density at radius 3 is 2.00 bits per heavy atom. The molecule has 2 heteroatoms. The number of nitrogens with two attached hydrogens (primary N) is 1. The topological polar surface area (TPSA) is 26.0 Å². The average molecular weight is 165 g/mol. The molecule has 2 N–H and O–H groups in total. The van der Waals surface area contributed by atoms with Crippen LogP contribution in [-0.2, 0) is 0 Å². The minimum absolute atomic E-state index is 0.529. The van der Waals surface area contributed by atoms with Gasteiger partial charge in [0.05, 0.1) is 13.1 Å². The number of hydrogen-bond acceptors (Lipinski definition) is 1. The third-order valence-electron chi connectivity index (χ3n) is 2.40. The van der Waals surface area contributed by atoms with Crippen LogP contribution in [0.15, 0.2) is 30.3 Å². The summed E-state index contributed by atoms with van der Waals surface area (Å²) in [5, 5.41) is 0. The van der Waals surface area contributed by atoms with Gasteiger partial charge in [0.1, 0.15) is 0 Å². The van der Waals surface area contributed by atoms with Crippen LogP contribution >= 0.6 is 0 Å². The molecular weight excluding hydrogens is 148 g/mol. The first-order chi connectivity index (χ1) is 5.73. The molecule has 1 aromatic carbocycles. The lowest BCUT2D eigenvalue weighted by Gasteiger charge is -2.29. The number of hydrogen-bond donors (Lipinski definition) is 1. The predicted octanol–water partition coefficient (Wildman–Crippen LogP) is 1.91. The zero-order chi connectivity index (χ0) is 9.03. The summed E-state index contributed by atoms with van der Waals surface area (Å²) >= 11 is 0. The van der Waals surface area contributed by atoms with Crippen molar-refractivity contribution in [1.82, 2.24) is 4.59 Å². The molecule has 0 spiro atoms. The van der Waals surface area contributed by atoms with Crippen molar-refractivity contribution in [2.24, 2.45) is 5.84 Å². The lowest BCUT2D eigenvalue weighted by Crippen LogP contribution is -2.55. The largest absolute Gasteiger partial charge is 0.217 e. The molecule has 0 radical (unpaired) electrons. The van der Waals surface area contributed by atoms with Crippen molar-refractivity contribution in [2.45, 2.75) is 13.8 Å². The highest BCUT2D eigenvalue weighted by Crippen LogP contribution is 2.16. The Morgan fingerprint density at radius 2 is 1.58 bits per heavy atom. The molecule has 0 amide bonds. The SMILES string of the molecule is CC[N+](N)(CC)c1ccccc1. The van der Waals surface area contributed by atoms with Gasteiger partial charge in [0.2, 0.25) is 0 Å². The highest BCUT2D eigenvalue weighted by Gasteiger charge is 2.20. The molecule has 0 unspecified atom stereocenters. The minimum Gasteiger partial charge on any atom is -0.217 e. The van der Waals surface area contributed by atoms with Gasteiger partial charge < -0.3 is 0 Å². The molecule has 0 heterocycles. The Morgan fingerprint density at radius 1 is 1.08 bits per heavy atom. The molecule has 0 bridgehead atoms. The van der Waals surface area contributed by atoms with E-state index in [1.165, 1.54) is 5.69 Å². The van der Waals surface area contributed by atoms with Crippen LogP contribution in [-0.4, -0.2) is 13.1 Å². The van der Waals surface area contributed by atoms with E-state index >= 15 is 0 Å². The second kappa shape index (κ2) is 3.70. The summed E-state index contributed by atoms with van der Waals surface area (Å²) in [5.41, 5.74) is 1.18. The first-order valence-corrected chi connectivity index (χ1v) is 4.44. The Balaban J connectivity index is 2.95. The first kappa shape index (κ1) is 9.23. The van der Waals surface area contributed by atoms with Crippen molar-refractivity contribution < 1.29 is 0 Å². The van der Waals surface area contributed by atoms with E-state index < -0.39 is 0 Å². The second-order valence-corrected chi connectivity index (χ2v) is 3.00. The van der Waals surface area contributed by atoms with Crippen LogP contribution in [0, 0.1) is 0 Å². The van der Waals surface area contributed by atoms with Gasteiger partial charge in [-0.15, -0.1) is 0 Å². The van der Waals surface area contributed by atoms with E-state index in [0.29, 0.717) is 4.59 Å². The summed E-state index contributed by atoms with van der Waals surface area (Å²) < 4.78 is 0.529. The molecule has 1 rings (SSSR count). The molecule has 66 valence electrons. The van der Waals surface area contributed by atoms with E-state index in [-0.39, 0.29) is 0 Å². The molecule has 0 saturated carbocycles. The van der Waals surface area contributed by atoms with Crippen LogP contribution < -0.4 is 10.4 Å². The van der Waals surface area contributed by atoms with Crippen LogP contribution in [0.1, 0.15) is 13.8 Å². The average Bonchev–Trinajstić information content (AvgIpc) is 2.18. The zero-order valence-corrected chi connectivity index (χ0v) is 7.83. The van der Waals surface area contributed by atoms with E-state index in [1.54, 1.807) is 0 Å². The lowest BCUT2D eigenvalue weighted by atomic mass is 10.2. The van der Waals surface area contributed by atoms with Crippen molar-refractivity contribution in [3.8, 4) is 0 Å². The summed E-state index contributed by atoms with van der Waals surface area (Å²) in [7, 11) is 0. The van der Waals surface area contributed by atoms with Gasteiger partial charge in [-0.2, -0.15) is 5.84 Å². The molecule has 2 nitrogen and oxygen atoms in total. The number of nitrogens with zero attached hydrogens (tertiary/aromatic N) is 1. The number of para-hydroxylation sites is 1. The van der Waals surface area contributed by atoms with E-state index in [2.05, 4.69) is 26.0 Å². The molecule has 0 aliphatic carbocycles. The summed E-state index contributed by atoms with van der Waals surface area (Å²) in [5.74, 6) is 6.16. The number of quaternary nitrogens is 1. The second-order valence-electron chi connectivity index (χ2n) is 3.00. The van der Waals surface area contributed by atoms with Gasteiger partial charge in [0, 0.05) is 12.1 Å². The third-order valence-corrected chi connectivity index (χ3v) is 2.40. The summed E-state index contributed by atoms with van der Waals surface area (Å²) in [6, 6.07) is 10.2. The van der Waals surface area contributed by atoms with Gasteiger partial charge in [-0.1, -0.05) is 18.2 Å². The quantitative estimate of drug-likeness (QED) is 0.413. The molecule has 1 aromatic rings. The monoisotopic (exact) mass is 165 g/mol. The van der Waals surface area contributed by atoms with Gasteiger partial charge in [0.25, 0.3) is 0 Å². The molecule has 0 aliphatic heterocycles. The van der Waals surface area contributed by atoms with E-state index in [9.17, 15) is 0 Å². The van der Waals surface area contributed by atoms with Crippen molar-refractivity contribution in [3.63, 3.8) is 0 Å². The van der Waals surface area contributed by atoms with Crippen molar-refractivity contribution in [2.75, 3.05) is 13.1 Å². The van der Waals surface area contributed by atoms with Gasteiger partial charge >= 0.3 is 0 Å². The Kier molecular flexibility index (Phi) is 2.84. The predicted molar refractivity (Wildman–Crippen MR) is 53.5 cm³/mol. The smallest absolute Gasteiger partial charge is 0.151 e. The molecule has 0 saturated heterocycles. The van der Waals surface area contributed by atoms with E-state index in [4.69, 9.17) is 5.84 Å². The van der Waals surface area contributed by atoms with Crippen LogP contribution in [0.3, 0.4) is 0 Å². The highest BCUT2D eigenvalue weighted by molar-refractivity contribution is 5.40. The maximum Gasteiger partial charge on any atom is 0.151 e. The molecule has 0 aliphatic rings. The summed E-state index contributed by atoms with van der Waals surface area (Å²) in [4.78, 5) is 0. The lowest BCUT2D eigenvalue weighted by molar-refractivity contribution is 0.311. The van der Waals surface area contributed by atoms with Gasteiger partial charge in [0.15, 0.2) is 5.69 Å². The fourth-order valence-corrected chi connectivity index (χ4v) is 1.31. The Hall–Kier alpha value is -0.860. The molecule has 12 heavy (non-hydrogen) atoms. The molecule has 0 fully saturated rings. The van der Waals surface area contributed by atoms with Gasteiger partial charge in [-0.25, -0.2) is 4.59 Å². The standard InChI is InChI=1S/C10H17N2/c1-3-12(11,4-2)10-8-6-5-7-9-10/h5-9H,3-4,11H2,1-2H3/q+1. The van der Waals surface area contributed by atoms with E-state index in [0.717, 1.165) is 13.1 Å². The first-order valence-electron chi connectivity index (χ1n) is 4.44. The van der Waals surface area contributed by atoms with Crippen LogP contribution in [0.5, 0.6) is 0 Å². The molecule has 0 atom stereocenters. The zero-order valence-electron chi connectivity index (χ0n) is 7.83. The number of rotatable bonds is 3. The van der Waals surface area contributed by atoms with Crippen molar-refractivity contribution in [1.29, 1.82) is 0 Å². The molecular formula is C10H17N2+. The maximum atomic E-state index is 6.16. The van der Waals surface area contributed by atoms with Crippen LogP contribution in [0.4, 0.5) is 5.69 Å². The minimum atomic E-state index is 0.529. The fourth-order valence-electron chi connectivity index (χ4n) is 1.31. The summed E-state index contributed by atoms with van der Waals surface area (Å²) in [6.07, 6.45) is 0. The number of benzene rings is 1. The third kappa shape index (κ3) is 1.65. The highest BCUT2D eigenvalue weighted by atomic mass is 15.6. The summed E-state index contributed by atoms with van der Waals surface area (Å²) in [6.45, 7) is 6.08. The van der Waals surface area contributed by atoms with Crippen molar-refractivity contribution in [3.05, 3.63) is 30.3 Å². The van der Waals surface area contributed by atoms with Crippen LogP contribution in [0.25, 0.3) is 0 Å². The molecule has 0 aromatic heterocycles. The normalized spacial score (nSPS) is 11.6.